The number of aliphatic hydroxyl groups is 2. The average molecular weight is 425 g/mol. The first-order valence-electron chi connectivity index (χ1n) is 11.6. The van der Waals surface area contributed by atoms with E-state index in [0.29, 0.717) is 32.0 Å². The molecule has 1 aliphatic carbocycles. The molecule has 1 saturated carbocycles. The van der Waals surface area contributed by atoms with Gasteiger partial charge in [0.2, 0.25) is 0 Å². The van der Waals surface area contributed by atoms with Gasteiger partial charge in [0.15, 0.2) is 0 Å². The Bertz CT molecular complexity index is 918. The van der Waals surface area contributed by atoms with Crippen LogP contribution >= 0.6 is 0 Å². The van der Waals surface area contributed by atoms with Crippen molar-refractivity contribution in [2.75, 3.05) is 19.8 Å². The molecule has 2 aromatic rings. The molecule has 5 heteroatoms. The van der Waals surface area contributed by atoms with E-state index in [1.807, 2.05) is 19.1 Å². The second-order valence-electron chi connectivity index (χ2n) is 9.03. The van der Waals surface area contributed by atoms with Gasteiger partial charge in [-0.1, -0.05) is 18.2 Å². The Hall–Kier alpha value is -2.08. The summed E-state index contributed by atoms with van der Waals surface area (Å²) in [4.78, 5) is 0. The Morgan fingerprint density at radius 1 is 1.13 bits per heavy atom. The largest absolute Gasteiger partial charge is 0.494 e. The molecule has 3 atom stereocenters. The molecule has 2 heterocycles. The van der Waals surface area contributed by atoms with E-state index in [0.717, 1.165) is 29.9 Å². The summed E-state index contributed by atoms with van der Waals surface area (Å²) < 4.78 is 18.0. The van der Waals surface area contributed by atoms with Gasteiger partial charge >= 0.3 is 0 Å². The number of ether oxygens (including phenoxy) is 3. The Balaban J connectivity index is 1.52. The Labute approximate surface area is 184 Å². The van der Waals surface area contributed by atoms with Crippen molar-refractivity contribution < 1.29 is 24.4 Å². The molecule has 0 bridgehead atoms. The van der Waals surface area contributed by atoms with Crippen LogP contribution < -0.4 is 9.47 Å². The van der Waals surface area contributed by atoms with Gasteiger partial charge < -0.3 is 24.4 Å². The Morgan fingerprint density at radius 2 is 1.94 bits per heavy atom. The predicted octanol–water partition coefficient (Wildman–Crippen LogP) is 4.06. The lowest BCUT2D eigenvalue weighted by molar-refractivity contribution is -0.114. The summed E-state index contributed by atoms with van der Waals surface area (Å²) in [6, 6.07) is 10.6. The van der Waals surface area contributed by atoms with E-state index in [-0.39, 0.29) is 18.8 Å². The lowest BCUT2D eigenvalue weighted by atomic mass is 9.86. The predicted molar refractivity (Wildman–Crippen MR) is 118 cm³/mol. The SMILES string of the molecule is CCOc1ccc(Cc2cc(C3CC(O)CC(CO)O3)c3c(c2C2CC2)OCC3)cc1. The molecule has 0 amide bonds. The molecule has 2 fully saturated rings. The molecule has 0 radical (unpaired) electrons. The molecule has 1 saturated heterocycles. The number of hydrogen-bond acceptors (Lipinski definition) is 5. The summed E-state index contributed by atoms with van der Waals surface area (Å²) in [5.41, 5.74) is 6.29. The van der Waals surface area contributed by atoms with Crippen LogP contribution in [0.3, 0.4) is 0 Å². The highest BCUT2D eigenvalue weighted by atomic mass is 16.5. The first-order valence-corrected chi connectivity index (χ1v) is 11.6. The zero-order valence-corrected chi connectivity index (χ0v) is 18.2. The zero-order chi connectivity index (χ0) is 21.4. The van der Waals surface area contributed by atoms with Crippen LogP contribution in [0.1, 0.15) is 72.4 Å². The molecule has 31 heavy (non-hydrogen) atoms. The summed E-state index contributed by atoms with van der Waals surface area (Å²) in [5, 5.41) is 20.0. The van der Waals surface area contributed by atoms with Gasteiger partial charge in [0, 0.05) is 30.4 Å². The van der Waals surface area contributed by atoms with Crippen LogP contribution in [0.4, 0.5) is 0 Å². The van der Waals surface area contributed by atoms with Crippen molar-refractivity contribution in [3.63, 3.8) is 0 Å². The number of fused-ring (bicyclic) bond motifs is 1. The maximum absolute atomic E-state index is 10.4. The van der Waals surface area contributed by atoms with E-state index in [2.05, 4.69) is 18.2 Å². The third-order valence-corrected chi connectivity index (χ3v) is 6.68. The first kappa shape index (κ1) is 20.8. The van der Waals surface area contributed by atoms with Gasteiger partial charge in [-0.3, -0.25) is 0 Å². The maximum atomic E-state index is 10.4. The molecule has 2 aromatic carbocycles. The quantitative estimate of drug-likeness (QED) is 0.702. The fraction of sp³-hybridized carbons (Fsp3) is 0.538. The van der Waals surface area contributed by atoms with Crippen LogP contribution in [0.15, 0.2) is 30.3 Å². The minimum absolute atomic E-state index is 0.0640. The molecule has 0 aromatic heterocycles. The summed E-state index contributed by atoms with van der Waals surface area (Å²) in [6.07, 6.45) is 4.24. The van der Waals surface area contributed by atoms with Gasteiger partial charge in [-0.05, 0) is 60.9 Å². The summed E-state index contributed by atoms with van der Waals surface area (Å²) in [5.74, 6) is 2.54. The molecule has 3 unspecified atom stereocenters. The van der Waals surface area contributed by atoms with E-state index in [9.17, 15) is 10.2 Å². The summed E-state index contributed by atoms with van der Waals surface area (Å²) >= 11 is 0. The standard InChI is InChI=1S/C26H32O5/c1-2-29-20-7-3-16(4-8-20)11-18-12-23(24-14-19(28)13-21(15-27)31-24)22-9-10-30-26(22)25(18)17-5-6-17/h3-4,7-8,12,17,19,21,24,27-28H,2,5-6,9-11,13-15H2,1H3. The van der Waals surface area contributed by atoms with Crippen molar-refractivity contribution in [2.24, 2.45) is 0 Å². The van der Waals surface area contributed by atoms with E-state index in [1.165, 1.54) is 35.1 Å². The van der Waals surface area contributed by atoms with Gasteiger partial charge in [0.1, 0.15) is 11.5 Å². The highest BCUT2D eigenvalue weighted by Gasteiger charge is 2.37. The van der Waals surface area contributed by atoms with Crippen LogP contribution in [0.2, 0.25) is 0 Å². The van der Waals surface area contributed by atoms with Crippen LogP contribution in [0.5, 0.6) is 11.5 Å². The fourth-order valence-electron chi connectivity index (χ4n) is 5.12. The third kappa shape index (κ3) is 4.32. The molecule has 2 N–H and O–H groups in total. The van der Waals surface area contributed by atoms with Crippen LogP contribution in [-0.4, -0.2) is 42.2 Å². The molecule has 5 rings (SSSR count). The number of hydrogen-bond donors (Lipinski definition) is 2. The molecule has 5 nitrogen and oxygen atoms in total. The van der Waals surface area contributed by atoms with Crippen LogP contribution in [0.25, 0.3) is 0 Å². The van der Waals surface area contributed by atoms with Crippen molar-refractivity contribution in [3.05, 3.63) is 58.1 Å². The number of rotatable bonds is 7. The molecule has 2 aliphatic heterocycles. The van der Waals surface area contributed by atoms with Gasteiger partial charge in [0.05, 0.1) is 38.1 Å². The minimum atomic E-state index is -0.452. The number of aliphatic hydroxyl groups excluding tert-OH is 2. The molecular formula is C26H32O5. The minimum Gasteiger partial charge on any atom is -0.494 e. The van der Waals surface area contributed by atoms with Gasteiger partial charge in [-0.25, -0.2) is 0 Å². The highest BCUT2D eigenvalue weighted by Crippen LogP contribution is 2.51. The van der Waals surface area contributed by atoms with Crippen molar-refractivity contribution in [3.8, 4) is 11.5 Å². The van der Waals surface area contributed by atoms with E-state index >= 15 is 0 Å². The number of benzene rings is 2. The zero-order valence-electron chi connectivity index (χ0n) is 18.2. The second-order valence-corrected chi connectivity index (χ2v) is 9.03. The smallest absolute Gasteiger partial charge is 0.126 e. The summed E-state index contributed by atoms with van der Waals surface area (Å²) in [7, 11) is 0. The summed E-state index contributed by atoms with van der Waals surface area (Å²) in [6.45, 7) is 3.30. The van der Waals surface area contributed by atoms with Crippen molar-refractivity contribution in [2.45, 2.75) is 69.7 Å². The van der Waals surface area contributed by atoms with E-state index in [1.54, 1.807) is 0 Å². The lowest BCUT2D eigenvalue weighted by Crippen LogP contribution is -2.33. The van der Waals surface area contributed by atoms with E-state index in [4.69, 9.17) is 14.2 Å². The fourth-order valence-corrected chi connectivity index (χ4v) is 5.12. The van der Waals surface area contributed by atoms with Crippen LogP contribution in [-0.2, 0) is 17.6 Å². The average Bonchev–Trinajstić information content (AvgIpc) is 3.49. The van der Waals surface area contributed by atoms with Crippen molar-refractivity contribution in [1.29, 1.82) is 0 Å². The van der Waals surface area contributed by atoms with E-state index < -0.39 is 6.10 Å². The maximum Gasteiger partial charge on any atom is 0.126 e. The third-order valence-electron chi connectivity index (χ3n) is 6.68. The molecule has 3 aliphatic rings. The first-order chi connectivity index (χ1) is 15.2. The molecule has 166 valence electrons. The highest BCUT2D eigenvalue weighted by molar-refractivity contribution is 5.57. The Morgan fingerprint density at radius 3 is 2.65 bits per heavy atom. The topological polar surface area (TPSA) is 68.2 Å². The van der Waals surface area contributed by atoms with Gasteiger partial charge in [-0.15, -0.1) is 0 Å². The van der Waals surface area contributed by atoms with Crippen molar-refractivity contribution in [1.82, 2.24) is 0 Å². The lowest BCUT2D eigenvalue weighted by Gasteiger charge is -2.34. The molecule has 0 spiro atoms. The molecular weight excluding hydrogens is 392 g/mol. The Kier molecular flexibility index (Phi) is 5.91. The second kappa shape index (κ2) is 8.81. The van der Waals surface area contributed by atoms with Crippen LogP contribution in [0, 0.1) is 0 Å². The van der Waals surface area contributed by atoms with Gasteiger partial charge in [-0.2, -0.15) is 0 Å². The monoisotopic (exact) mass is 424 g/mol. The van der Waals surface area contributed by atoms with Crippen molar-refractivity contribution >= 4 is 0 Å². The van der Waals surface area contributed by atoms with Gasteiger partial charge in [0.25, 0.3) is 0 Å². The normalized spacial score (nSPS) is 25.2.